The number of carbonyl (C=O) groups excluding carboxylic acids is 3. The number of hydrogen-bond acceptors (Lipinski definition) is 9. The summed E-state index contributed by atoms with van der Waals surface area (Å²) in [4.78, 5) is 45.0. The van der Waals surface area contributed by atoms with E-state index in [9.17, 15) is 24.5 Å². The lowest BCUT2D eigenvalue weighted by Gasteiger charge is -2.11. The maximum atomic E-state index is 11.6. The predicted molar refractivity (Wildman–Crippen MR) is 105 cm³/mol. The number of nitrogens with one attached hydrogen (secondary N) is 1. The van der Waals surface area contributed by atoms with Gasteiger partial charge in [-0.05, 0) is 35.7 Å². The molecule has 1 fully saturated rings. The summed E-state index contributed by atoms with van der Waals surface area (Å²) >= 11 is 0. The minimum atomic E-state index is -1.04. The van der Waals surface area contributed by atoms with E-state index in [2.05, 4.69) is 4.74 Å². The van der Waals surface area contributed by atoms with E-state index in [1.807, 2.05) is 5.32 Å². The van der Waals surface area contributed by atoms with Crippen molar-refractivity contribution in [2.75, 3.05) is 7.11 Å². The van der Waals surface area contributed by atoms with Crippen molar-refractivity contribution >= 4 is 23.7 Å². The van der Waals surface area contributed by atoms with E-state index in [0.29, 0.717) is 11.3 Å². The van der Waals surface area contributed by atoms with Crippen LogP contribution in [0, 0.1) is 10.1 Å². The molecule has 0 aliphatic carbocycles. The fourth-order valence-corrected chi connectivity index (χ4v) is 2.97. The Bertz CT molecular complexity index is 1020. The summed E-state index contributed by atoms with van der Waals surface area (Å²) in [5.41, 5.74) is 6.62. The number of imide groups is 1. The van der Waals surface area contributed by atoms with Gasteiger partial charge in [-0.25, -0.2) is 4.79 Å². The first kappa shape index (κ1) is 21.7. The lowest BCUT2D eigenvalue weighted by molar-refractivity contribution is -0.385. The highest BCUT2D eigenvalue weighted by molar-refractivity contribution is 6.00. The molecule has 0 aromatic heterocycles. The first-order valence-electron chi connectivity index (χ1n) is 9.16. The molecule has 2 aromatic rings. The number of rotatable bonds is 8. The van der Waals surface area contributed by atoms with Crippen LogP contribution >= 0.6 is 0 Å². The molecule has 31 heavy (non-hydrogen) atoms. The molecule has 2 atom stereocenters. The maximum absolute atomic E-state index is 11.6. The number of nitrogens with two attached hydrogens (primary N) is 1. The SMILES string of the molecule is COC(=O)C(N)Cc1ccc(Oc2ccc(CC3OC(=O)NC3=O)cc2[N+](=O)[O-])cc1. The van der Waals surface area contributed by atoms with Gasteiger partial charge in [-0.2, -0.15) is 0 Å². The summed E-state index contributed by atoms with van der Waals surface area (Å²) in [6.45, 7) is 0. The van der Waals surface area contributed by atoms with Gasteiger partial charge in [0.15, 0.2) is 6.10 Å². The number of nitrogens with zero attached hydrogens (tertiary/aromatic N) is 1. The highest BCUT2D eigenvalue weighted by Gasteiger charge is 2.32. The zero-order valence-corrected chi connectivity index (χ0v) is 16.4. The summed E-state index contributed by atoms with van der Waals surface area (Å²) in [7, 11) is 1.26. The molecule has 11 nitrogen and oxygen atoms in total. The second-order valence-electron chi connectivity index (χ2n) is 6.73. The van der Waals surface area contributed by atoms with Crippen molar-refractivity contribution in [3.8, 4) is 11.5 Å². The van der Waals surface area contributed by atoms with Gasteiger partial charge < -0.3 is 19.9 Å². The van der Waals surface area contributed by atoms with E-state index in [-0.39, 0.29) is 24.3 Å². The topological polar surface area (TPSA) is 160 Å². The Morgan fingerprint density at radius 2 is 1.90 bits per heavy atom. The van der Waals surface area contributed by atoms with E-state index in [0.717, 1.165) is 5.56 Å². The molecular weight excluding hydrogens is 410 g/mol. The van der Waals surface area contributed by atoms with E-state index in [4.69, 9.17) is 15.2 Å². The fourth-order valence-electron chi connectivity index (χ4n) is 2.97. The van der Waals surface area contributed by atoms with Crippen molar-refractivity contribution in [3.05, 3.63) is 63.7 Å². The Morgan fingerprint density at radius 1 is 1.23 bits per heavy atom. The van der Waals surface area contributed by atoms with Crippen LogP contribution in [0.2, 0.25) is 0 Å². The number of nitro benzene ring substituents is 1. The van der Waals surface area contributed by atoms with Crippen molar-refractivity contribution in [3.63, 3.8) is 0 Å². The molecule has 162 valence electrons. The molecule has 1 aliphatic heterocycles. The quantitative estimate of drug-likeness (QED) is 0.361. The van der Waals surface area contributed by atoms with Gasteiger partial charge >= 0.3 is 17.7 Å². The molecule has 0 saturated carbocycles. The largest absolute Gasteiger partial charge is 0.468 e. The molecular formula is C20H19N3O8. The van der Waals surface area contributed by atoms with Crippen LogP contribution in [0.5, 0.6) is 11.5 Å². The van der Waals surface area contributed by atoms with Crippen LogP contribution in [0.1, 0.15) is 11.1 Å². The van der Waals surface area contributed by atoms with E-state index >= 15 is 0 Å². The Hall–Kier alpha value is -3.99. The lowest BCUT2D eigenvalue weighted by Crippen LogP contribution is -2.33. The van der Waals surface area contributed by atoms with Gasteiger partial charge in [0.1, 0.15) is 11.8 Å². The van der Waals surface area contributed by atoms with Crippen molar-refractivity contribution in [2.24, 2.45) is 5.73 Å². The molecule has 2 aromatic carbocycles. The second kappa shape index (κ2) is 9.22. The monoisotopic (exact) mass is 429 g/mol. The molecule has 3 N–H and O–H groups in total. The van der Waals surface area contributed by atoms with Crippen LogP contribution < -0.4 is 15.8 Å². The minimum absolute atomic E-state index is 0.000584. The van der Waals surface area contributed by atoms with Gasteiger partial charge in [0.2, 0.25) is 5.75 Å². The fraction of sp³-hybridized carbons (Fsp3) is 0.250. The van der Waals surface area contributed by atoms with Gasteiger partial charge in [0, 0.05) is 12.5 Å². The molecule has 1 aliphatic rings. The van der Waals surface area contributed by atoms with Crippen molar-refractivity contribution in [2.45, 2.75) is 25.0 Å². The molecule has 0 bridgehead atoms. The number of alkyl carbamates (subject to hydrolysis) is 1. The predicted octanol–water partition coefficient (Wildman–Crippen LogP) is 1.61. The maximum Gasteiger partial charge on any atom is 0.414 e. The van der Waals surface area contributed by atoms with Crippen LogP contribution in [0.4, 0.5) is 10.5 Å². The number of methoxy groups -OCH3 is 1. The van der Waals surface area contributed by atoms with Crippen LogP contribution in [0.15, 0.2) is 42.5 Å². The third-order valence-corrected chi connectivity index (χ3v) is 4.52. The average molecular weight is 429 g/mol. The lowest BCUT2D eigenvalue weighted by atomic mass is 10.1. The first-order chi connectivity index (χ1) is 14.8. The number of amides is 2. The van der Waals surface area contributed by atoms with Crippen molar-refractivity contribution in [1.82, 2.24) is 5.32 Å². The Labute approximate surface area is 176 Å². The zero-order valence-electron chi connectivity index (χ0n) is 16.4. The molecule has 2 amide bonds. The normalized spacial score (nSPS) is 16.3. The minimum Gasteiger partial charge on any atom is -0.468 e. The van der Waals surface area contributed by atoms with Gasteiger partial charge in [-0.15, -0.1) is 0 Å². The van der Waals surface area contributed by atoms with Gasteiger partial charge in [-0.3, -0.25) is 25.0 Å². The van der Waals surface area contributed by atoms with E-state index in [1.54, 1.807) is 30.3 Å². The highest BCUT2D eigenvalue weighted by Crippen LogP contribution is 2.33. The smallest absolute Gasteiger partial charge is 0.414 e. The van der Waals surface area contributed by atoms with Crippen LogP contribution in [-0.2, 0) is 31.9 Å². The number of ether oxygens (including phenoxy) is 3. The van der Waals surface area contributed by atoms with Gasteiger partial charge in [0.25, 0.3) is 5.91 Å². The molecule has 1 saturated heterocycles. The summed E-state index contributed by atoms with van der Waals surface area (Å²) in [5, 5.41) is 13.5. The number of carbonyl (C=O) groups is 3. The molecule has 1 heterocycles. The molecule has 0 spiro atoms. The van der Waals surface area contributed by atoms with Gasteiger partial charge in [-0.1, -0.05) is 18.2 Å². The molecule has 0 radical (unpaired) electrons. The first-order valence-corrected chi connectivity index (χ1v) is 9.16. The van der Waals surface area contributed by atoms with Crippen LogP contribution in [-0.4, -0.2) is 42.1 Å². The third-order valence-electron chi connectivity index (χ3n) is 4.52. The van der Waals surface area contributed by atoms with Crippen molar-refractivity contribution in [1.29, 1.82) is 0 Å². The van der Waals surface area contributed by atoms with E-state index in [1.165, 1.54) is 19.2 Å². The Kier molecular flexibility index (Phi) is 6.46. The number of benzene rings is 2. The Balaban J connectivity index is 1.72. The average Bonchev–Trinajstić information content (AvgIpc) is 3.06. The highest BCUT2D eigenvalue weighted by atomic mass is 16.6. The summed E-state index contributed by atoms with van der Waals surface area (Å²) in [5.74, 6) is -0.781. The number of cyclic esters (lactones) is 1. The van der Waals surface area contributed by atoms with E-state index < -0.39 is 35.0 Å². The molecule has 3 rings (SSSR count). The van der Waals surface area contributed by atoms with Crippen molar-refractivity contribution < 1.29 is 33.5 Å². The van der Waals surface area contributed by atoms with Gasteiger partial charge in [0.05, 0.1) is 12.0 Å². The zero-order chi connectivity index (χ0) is 22.5. The molecule has 11 heteroatoms. The Morgan fingerprint density at radius 3 is 2.48 bits per heavy atom. The number of hydrogen-bond donors (Lipinski definition) is 2. The number of esters is 1. The summed E-state index contributed by atoms with van der Waals surface area (Å²) in [6, 6.07) is 9.98. The number of nitro groups is 1. The van der Waals surface area contributed by atoms with Crippen LogP contribution in [0.3, 0.4) is 0 Å². The van der Waals surface area contributed by atoms with Crippen LogP contribution in [0.25, 0.3) is 0 Å². The summed E-state index contributed by atoms with van der Waals surface area (Å²) in [6.07, 6.45) is -1.63. The molecule has 2 unspecified atom stereocenters. The second-order valence-corrected chi connectivity index (χ2v) is 6.73. The summed E-state index contributed by atoms with van der Waals surface area (Å²) < 4.78 is 15.0. The third kappa shape index (κ3) is 5.34. The standard InChI is InChI=1S/C20H19N3O8/c1-29-19(25)14(21)8-11-2-5-13(6-3-11)30-16-7-4-12(9-15(16)23(27)28)10-17-18(24)22-20(26)31-17/h2-7,9,14,17H,8,10,21H2,1H3,(H,22,24,26).